The number of carbonyl (C=O) groups is 3. The van der Waals surface area contributed by atoms with Crippen LogP contribution in [0.1, 0.15) is 28.8 Å². The predicted octanol–water partition coefficient (Wildman–Crippen LogP) is 2.92. The SMILES string of the molecule is COC(=O)C(Cc1ccc(O)cc1)NC(=O)CCC(=O)c1cc(Cl)ccc1OC. The van der Waals surface area contributed by atoms with Crippen molar-refractivity contribution < 1.29 is 29.0 Å². The van der Waals surface area contributed by atoms with Crippen LogP contribution in [-0.2, 0) is 20.7 Å². The highest BCUT2D eigenvalue weighted by molar-refractivity contribution is 6.31. The maximum absolute atomic E-state index is 12.4. The van der Waals surface area contributed by atoms with Crippen molar-refractivity contribution in [2.45, 2.75) is 25.3 Å². The summed E-state index contributed by atoms with van der Waals surface area (Å²) in [4.78, 5) is 36.8. The Bertz CT molecular complexity index is 881. The Morgan fingerprint density at radius 1 is 1.07 bits per heavy atom. The first-order chi connectivity index (χ1) is 13.8. The van der Waals surface area contributed by atoms with E-state index in [2.05, 4.69) is 5.32 Å². The Labute approximate surface area is 173 Å². The van der Waals surface area contributed by atoms with Crippen LogP contribution in [0, 0.1) is 0 Å². The summed E-state index contributed by atoms with van der Waals surface area (Å²) in [7, 11) is 2.67. The molecule has 154 valence electrons. The molecule has 0 aliphatic rings. The number of rotatable bonds is 9. The largest absolute Gasteiger partial charge is 0.508 e. The monoisotopic (exact) mass is 419 g/mol. The van der Waals surface area contributed by atoms with Crippen molar-refractivity contribution in [1.82, 2.24) is 5.32 Å². The number of phenols is 1. The highest BCUT2D eigenvalue weighted by Crippen LogP contribution is 2.24. The number of carbonyl (C=O) groups excluding carboxylic acids is 3. The van der Waals surface area contributed by atoms with Gasteiger partial charge in [-0.3, -0.25) is 9.59 Å². The normalized spacial score (nSPS) is 11.4. The number of nitrogens with one attached hydrogen (secondary N) is 1. The minimum atomic E-state index is -0.909. The number of hydrogen-bond acceptors (Lipinski definition) is 6. The van der Waals surface area contributed by atoms with E-state index in [0.717, 1.165) is 5.56 Å². The maximum Gasteiger partial charge on any atom is 0.328 e. The first-order valence-corrected chi connectivity index (χ1v) is 9.23. The topological polar surface area (TPSA) is 102 Å². The molecule has 0 saturated carbocycles. The molecule has 1 atom stereocenters. The molecule has 0 heterocycles. The van der Waals surface area contributed by atoms with E-state index in [1.807, 2.05) is 0 Å². The number of methoxy groups -OCH3 is 2. The molecule has 8 heteroatoms. The van der Waals surface area contributed by atoms with Crippen LogP contribution < -0.4 is 10.1 Å². The zero-order chi connectivity index (χ0) is 21.4. The van der Waals surface area contributed by atoms with Gasteiger partial charge < -0.3 is 19.9 Å². The van der Waals surface area contributed by atoms with Crippen molar-refractivity contribution in [2.75, 3.05) is 14.2 Å². The summed E-state index contributed by atoms with van der Waals surface area (Å²) in [5, 5.41) is 12.3. The van der Waals surface area contributed by atoms with Crippen LogP contribution >= 0.6 is 11.6 Å². The third-order valence-electron chi connectivity index (χ3n) is 4.24. The van der Waals surface area contributed by atoms with Gasteiger partial charge in [0, 0.05) is 24.3 Å². The molecule has 0 bridgehead atoms. The second-order valence-corrected chi connectivity index (χ2v) is 6.72. The average Bonchev–Trinajstić information content (AvgIpc) is 2.72. The van der Waals surface area contributed by atoms with Gasteiger partial charge in [-0.2, -0.15) is 0 Å². The van der Waals surface area contributed by atoms with Crippen LogP contribution in [0.15, 0.2) is 42.5 Å². The van der Waals surface area contributed by atoms with Crippen LogP contribution in [0.25, 0.3) is 0 Å². The summed E-state index contributed by atoms with van der Waals surface area (Å²) < 4.78 is 9.90. The number of Topliss-reactive ketones (excluding diaryl/α,β-unsaturated/α-hetero) is 1. The Hall–Kier alpha value is -3.06. The van der Waals surface area contributed by atoms with E-state index in [1.165, 1.54) is 32.4 Å². The van der Waals surface area contributed by atoms with E-state index < -0.39 is 17.9 Å². The molecule has 0 aromatic heterocycles. The van der Waals surface area contributed by atoms with Crippen LogP contribution in [0.5, 0.6) is 11.5 Å². The molecule has 29 heavy (non-hydrogen) atoms. The lowest BCUT2D eigenvalue weighted by Gasteiger charge is -2.17. The number of esters is 1. The molecular weight excluding hydrogens is 398 g/mol. The molecule has 2 aromatic carbocycles. The average molecular weight is 420 g/mol. The molecule has 0 aliphatic heterocycles. The number of hydrogen-bond donors (Lipinski definition) is 2. The smallest absolute Gasteiger partial charge is 0.328 e. The van der Waals surface area contributed by atoms with Gasteiger partial charge in [-0.25, -0.2) is 4.79 Å². The summed E-state index contributed by atoms with van der Waals surface area (Å²) in [6, 6.07) is 10.0. The number of halogens is 1. The van der Waals surface area contributed by atoms with Gasteiger partial charge in [-0.05, 0) is 35.9 Å². The molecule has 1 unspecified atom stereocenters. The molecule has 2 N–H and O–H groups in total. The standard InChI is InChI=1S/C21H22ClNO6/c1-28-19-9-5-14(22)12-16(19)18(25)8-10-20(26)23-17(21(27)29-2)11-13-3-6-15(24)7-4-13/h3-7,9,12,17,24H,8,10-11H2,1-2H3,(H,23,26). The summed E-state index contributed by atoms with van der Waals surface area (Å²) in [6.45, 7) is 0. The van der Waals surface area contributed by atoms with Gasteiger partial charge in [-0.1, -0.05) is 23.7 Å². The molecular formula is C21H22ClNO6. The summed E-state index contributed by atoms with van der Waals surface area (Å²) in [5.41, 5.74) is 1.03. The second kappa shape index (κ2) is 10.5. The van der Waals surface area contributed by atoms with Crippen molar-refractivity contribution in [2.24, 2.45) is 0 Å². The van der Waals surface area contributed by atoms with Crippen molar-refractivity contribution in [3.63, 3.8) is 0 Å². The van der Waals surface area contributed by atoms with Gasteiger partial charge in [0.25, 0.3) is 0 Å². The number of ketones is 1. The third-order valence-corrected chi connectivity index (χ3v) is 4.47. The maximum atomic E-state index is 12.4. The molecule has 2 aromatic rings. The number of aromatic hydroxyl groups is 1. The van der Waals surface area contributed by atoms with Gasteiger partial charge in [0.2, 0.25) is 5.91 Å². The summed E-state index contributed by atoms with van der Waals surface area (Å²) in [5.74, 6) is -0.891. The predicted molar refractivity (Wildman–Crippen MR) is 107 cm³/mol. The zero-order valence-electron chi connectivity index (χ0n) is 16.1. The van der Waals surface area contributed by atoms with Gasteiger partial charge in [0.15, 0.2) is 5.78 Å². The number of amides is 1. The fourth-order valence-corrected chi connectivity index (χ4v) is 2.90. The van der Waals surface area contributed by atoms with Gasteiger partial charge >= 0.3 is 5.97 Å². The molecule has 0 radical (unpaired) electrons. The lowest BCUT2D eigenvalue weighted by atomic mass is 10.0. The van der Waals surface area contributed by atoms with Crippen molar-refractivity contribution in [3.05, 3.63) is 58.6 Å². The minimum Gasteiger partial charge on any atom is -0.508 e. The molecule has 1 amide bonds. The van der Waals surface area contributed by atoms with Gasteiger partial charge in [0.05, 0.1) is 19.8 Å². The van der Waals surface area contributed by atoms with E-state index in [9.17, 15) is 19.5 Å². The van der Waals surface area contributed by atoms with Crippen molar-refractivity contribution >= 4 is 29.3 Å². The lowest BCUT2D eigenvalue weighted by Crippen LogP contribution is -2.43. The summed E-state index contributed by atoms with van der Waals surface area (Å²) >= 11 is 5.93. The van der Waals surface area contributed by atoms with E-state index in [1.54, 1.807) is 24.3 Å². The van der Waals surface area contributed by atoms with Gasteiger partial charge in [-0.15, -0.1) is 0 Å². The van der Waals surface area contributed by atoms with E-state index in [0.29, 0.717) is 16.3 Å². The number of ether oxygens (including phenoxy) is 2. The number of benzene rings is 2. The molecule has 2 rings (SSSR count). The quantitative estimate of drug-likeness (QED) is 0.478. The molecule has 7 nitrogen and oxygen atoms in total. The highest BCUT2D eigenvalue weighted by Gasteiger charge is 2.23. The molecule has 0 saturated heterocycles. The first kappa shape index (κ1) is 22.2. The minimum absolute atomic E-state index is 0.0738. The fraction of sp³-hybridized carbons (Fsp3) is 0.286. The fourth-order valence-electron chi connectivity index (χ4n) is 2.73. The Morgan fingerprint density at radius 2 is 1.76 bits per heavy atom. The Balaban J connectivity index is 1.99. The lowest BCUT2D eigenvalue weighted by molar-refractivity contribution is -0.145. The molecule has 0 aliphatic carbocycles. The van der Waals surface area contributed by atoms with E-state index in [-0.39, 0.29) is 30.8 Å². The van der Waals surface area contributed by atoms with Crippen LogP contribution in [0.3, 0.4) is 0 Å². The summed E-state index contributed by atoms with van der Waals surface area (Å²) in [6.07, 6.45) is 0.00195. The molecule has 0 fully saturated rings. The van der Waals surface area contributed by atoms with E-state index >= 15 is 0 Å². The zero-order valence-corrected chi connectivity index (χ0v) is 16.9. The van der Waals surface area contributed by atoms with Crippen LogP contribution in [-0.4, -0.2) is 43.0 Å². The van der Waals surface area contributed by atoms with Crippen molar-refractivity contribution in [3.8, 4) is 11.5 Å². The molecule has 0 spiro atoms. The first-order valence-electron chi connectivity index (χ1n) is 8.86. The number of phenolic OH excluding ortho intramolecular Hbond substituents is 1. The van der Waals surface area contributed by atoms with Crippen LogP contribution in [0.4, 0.5) is 0 Å². The van der Waals surface area contributed by atoms with E-state index in [4.69, 9.17) is 21.1 Å². The third kappa shape index (κ3) is 6.50. The highest BCUT2D eigenvalue weighted by atomic mass is 35.5. The Kier molecular flexibility index (Phi) is 8.03. The van der Waals surface area contributed by atoms with Crippen molar-refractivity contribution in [1.29, 1.82) is 0 Å². The van der Waals surface area contributed by atoms with Gasteiger partial charge in [0.1, 0.15) is 17.5 Å². The Morgan fingerprint density at radius 3 is 2.38 bits per heavy atom. The van der Waals surface area contributed by atoms with Crippen LogP contribution in [0.2, 0.25) is 5.02 Å². The second-order valence-electron chi connectivity index (χ2n) is 6.28.